The third kappa shape index (κ3) is 21.3. The molecule has 0 aliphatic carbocycles. The molecular weight excluding hydrogens is 316 g/mol. The van der Waals surface area contributed by atoms with Gasteiger partial charge in [-0.25, -0.2) is 0 Å². The number of carbonyl (C=O) groups is 1. The first-order valence-corrected chi connectivity index (χ1v) is 10.1. The van der Waals surface area contributed by atoms with E-state index in [1.165, 1.54) is 57.8 Å². The summed E-state index contributed by atoms with van der Waals surface area (Å²) in [4.78, 5) is 11.2. The van der Waals surface area contributed by atoms with Crippen LogP contribution in [0, 0.1) is 0 Å². The lowest BCUT2D eigenvalue weighted by Crippen LogP contribution is -2.07. The summed E-state index contributed by atoms with van der Waals surface area (Å²) in [6, 6.07) is 0. The molecule has 0 fully saturated rings. The highest BCUT2D eigenvalue weighted by Gasteiger charge is 2.04. The van der Waals surface area contributed by atoms with Crippen molar-refractivity contribution in [2.45, 2.75) is 117 Å². The summed E-state index contributed by atoms with van der Waals surface area (Å²) in [7, 11) is 0. The molecular formula is C21H44O4. The maximum Gasteiger partial charge on any atom is 0.305 e. The number of carbonyl (C=O) groups excluding carboxylic acids is 1. The first-order valence-electron chi connectivity index (χ1n) is 10.1. The minimum Gasteiger partial charge on any atom is -0.463 e. The van der Waals surface area contributed by atoms with Crippen LogP contribution >= 0.6 is 0 Å². The zero-order valence-electron chi connectivity index (χ0n) is 15.8. The number of rotatable bonds is 18. The Morgan fingerprint density at radius 3 is 1.84 bits per heavy atom. The lowest BCUT2D eigenvalue weighted by atomic mass is 10.0. The number of unbranched alkanes of at least 4 members (excludes halogenated alkanes) is 10. The van der Waals surface area contributed by atoms with Gasteiger partial charge in [0.05, 0.1) is 12.7 Å². The highest BCUT2D eigenvalue weighted by molar-refractivity contribution is 5.69. The van der Waals surface area contributed by atoms with Gasteiger partial charge in [0, 0.05) is 6.42 Å². The van der Waals surface area contributed by atoms with Crippen molar-refractivity contribution in [1.29, 1.82) is 0 Å². The Morgan fingerprint density at radius 2 is 1.32 bits per heavy atom. The van der Waals surface area contributed by atoms with Crippen molar-refractivity contribution in [2.75, 3.05) is 13.2 Å². The molecule has 1 unspecified atom stereocenters. The minimum atomic E-state index is -0.197. The van der Waals surface area contributed by atoms with E-state index in [9.17, 15) is 9.90 Å². The summed E-state index contributed by atoms with van der Waals surface area (Å²) >= 11 is 0. The number of aliphatic hydroxyl groups is 2. The maximum absolute atomic E-state index is 11.2. The number of hydrogen-bond acceptors (Lipinski definition) is 4. The molecule has 0 aromatic carbocycles. The third-order valence-corrected chi connectivity index (χ3v) is 4.41. The summed E-state index contributed by atoms with van der Waals surface area (Å²) in [6.07, 6.45) is 16.5. The number of aliphatic hydroxyl groups excluding tert-OH is 2. The molecule has 1 atom stereocenters. The monoisotopic (exact) mass is 360 g/mol. The Hall–Kier alpha value is -0.610. The molecule has 0 aromatic heterocycles. The zero-order chi connectivity index (χ0) is 17.9. The molecule has 0 aromatic rings. The van der Waals surface area contributed by atoms with Gasteiger partial charge in [0.25, 0.3) is 0 Å². The normalized spacial score (nSPS) is 11.8. The van der Waals surface area contributed by atoms with Crippen LogP contribution in [-0.2, 0) is 9.53 Å². The molecule has 0 amide bonds. The van der Waals surface area contributed by atoms with Crippen molar-refractivity contribution in [3.8, 4) is 0 Å². The van der Waals surface area contributed by atoms with E-state index in [2.05, 4.69) is 6.92 Å². The average molecular weight is 361 g/mol. The van der Waals surface area contributed by atoms with Crippen LogP contribution in [0.4, 0.5) is 0 Å². The smallest absolute Gasteiger partial charge is 0.305 e. The van der Waals surface area contributed by atoms with Crippen LogP contribution in [0.25, 0.3) is 0 Å². The Balaban J connectivity index is 0. The van der Waals surface area contributed by atoms with Crippen LogP contribution in [0.2, 0.25) is 0 Å². The second-order valence-electron chi connectivity index (χ2n) is 6.81. The summed E-state index contributed by atoms with van der Waals surface area (Å²) in [5.41, 5.74) is 0. The Bertz CT molecular complexity index is 269. The van der Waals surface area contributed by atoms with Crippen LogP contribution in [0.15, 0.2) is 0 Å². The molecule has 0 rings (SSSR count). The molecule has 0 spiro atoms. The van der Waals surface area contributed by atoms with E-state index in [0.717, 1.165) is 32.1 Å². The van der Waals surface area contributed by atoms with E-state index in [1.54, 1.807) is 0 Å². The molecule has 4 heteroatoms. The fourth-order valence-corrected chi connectivity index (χ4v) is 2.89. The van der Waals surface area contributed by atoms with E-state index in [0.29, 0.717) is 6.42 Å². The quantitative estimate of drug-likeness (QED) is 0.254. The van der Waals surface area contributed by atoms with Gasteiger partial charge >= 0.3 is 5.97 Å². The second-order valence-corrected chi connectivity index (χ2v) is 6.81. The average Bonchev–Trinajstić information content (AvgIpc) is 2.58. The molecule has 0 saturated carbocycles. The van der Waals surface area contributed by atoms with Gasteiger partial charge in [0.1, 0.15) is 6.61 Å². The highest BCUT2D eigenvalue weighted by Crippen LogP contribution is 2.14. The molecule has 25 heavy (non-hydrogen) atoms. The SMILES string of the molecule is C.CCCCCCC(O)CCCCCCCCCCC(=O)OCCO. The predicted octanol–water partition coefficient (Wildman–Crippen LogP) is 5.39. The number of ether oxygens (including phenoxy) is 1. The first-order chi connectivity index (χ1) is 11.7. The lowest BCUT2D eigenvalue weighted by Gasteiger charge is -2.10. The van der Waals surface area contributed by atoms with Gasteiger partial charge in [0.15, 0.2) is 0 Å². The van der Waals surface area contributed by atoms with Gasteiger partial charge < -0.3 is 14.9 Å². The molecule has 0 saturated heterocycles. The fourth-order valence-electron chi connectivity index (χ4n) is 2.89. The van der Waals surface area contributed by atoms with Crippen molar-refractivity contribution in [3.05, 3.63) is 0 Å². The van der Waals surface area contributed by atoms with Crippen molar-refractivity contribution in [1.82, 2.24) is 0 Å². The molecule has 2 N–H and O–H groups in total. The molecule has 152 valence electrons. The molecule has 0 aliphatic rings. The van der Waals surface area contributed by atoms with Crippen molar-refractivity contribution < 1.29 is 19.7 Å². The topological polar surface area (TPSA) is 66.8 Å². The first kappa shape index (κ1) is 26.6. The van der Waals surface area contributed by atoms with Crippen LogP contribution < -0.4 is 0 Å². The van der Waals surface area contributed by atoms with Gasteiger partial charge in [-0.15, -0.1) is 0 Å². The molecule has 0 bridgehead atoms. The van der Waals surface area contributed by atoms with E-state index in [1.807, 2.05) is 0 Å². The summed E-state index contributed by atoms with van der Waals surface area (Å²) in [5.74, 6) is -0.197. The van der Waals surface area contributed by atoms with Gasteiger partial charge in [-0.1, -0.05) is 85.0 Å². The Morgan fingerprint density at radius 1 is 0.840 bits per heavy atom. The van der Waals surface area contributed by atoms with Gasteiger partial charge in [0.2, 0.25) is 0 Å². The second kappa shape index (κ2) is 21.4. The van der Waals surface area contributed by atoms with E-state index < -0.39 is 0 Å². The highest BCUT2D eigenvalue weighted by atomic mass is 16.5. The van der Waals surface area contributed by atoms with Crippen LogP contribution in [-0.4, -0.2) is 35.5 Å². The summed E-state index contributed by atoms with van der Waals surface area (Å²) < 4.78 is 4.81. The van der Waals surface area contributed by atoms with Crippen LogP contribution in [0.1, 0.15) is 111 Å². The summed E-state index contributed by atoms with van der Waals surface area (Å²) in [5, 5.41) is 18.4. The van der Waals surface area contributed by atoms with Crippen LogP contribution in [0.5, 0.6) is 0 Å². The lowest BCUT2D eigenvalue weighted by molar-refractivity contribution is -0.144. The van der Waals surface area contributed by atoms with Crippen molar-refractivity contribution >= 4 is 5.97 Å². The van der Waals surface area contributed by atoms with E-state index in [4.69, 9.17) is 9.84 Å². The van der Waals surface area contributed by atoms with E-state index in [-0.39, 0.29) is 32.7 Å². The number of esters is 1. The number of hydrogen-bond donors (Lipinski definition) is 2. The third-order valence-electron chi connectivity index (χ3n) is 4.41. The summed E-state index contributed by atoms with van der Waals surface area (Å²) in [6.45, 7) is 2.23. The maximum atomic E-state index is 11.2. The van der Waals surface area contributed by atoms with E-state index >= 15 is 0 Å². The van der Waals surface area contributed by atoms with Gasteiger partial charge in [-0.2, -0.15) is 0 Å². The largest absolute Gasteiger partial charge is 0.463 e. The van der Waals surface area contributed by atoms with Gasteiger partial charge in [-0.05, 0) is 19.3 Å². The molecule has 4 nitrogen and oxygen atoms in total. The molecule has 0 radical (unpaired) electrons. The van der Waals surface area contributed by atoms with Crippen molar-refractivity contribution in [2.24, 2.45) is 0 Å². The minimum absolute atomic E-state index is 0. The molecule has 0 aliphatic heterocycles. The zero-order valence-corrected chi connectivity index (χ0v) is 15.8. The molecule has 0 heterocycles. The fraction of sp³-hybridized carbons (Fsp3) is 0.952. The Kier molecular flexibility index (Phi) is 22.8. The standard InChI is InChI=1S/C20H40O4.CH4/c1-2-3-4-11-14-19(22)15-12-9-7-5-6-8-10-13-16-20(23)24-18-17-21;/h19,21-22H,2-18H2,1H3;1H4. The Labute approximate surface area is 156 Å². The van der Waals surface area contributed by atoms with Gasteiger partial charge in [-0.3, -0.25) is 4.79 Å². The predicted molar refractivity (Wildman–Crippen MR) is 106 cm³/mol. The van der Waals surface area contributed by atoms with Crippen LogP contribution in [0.3, 0.4) is 0 Å². The van der Waals surface area contributed by atoms with Crippen molar-refractivity contribution in [3.63, 3.8) is 0 Å².